The maximum Gasteiger partial charge on any atom is 0.306 e. The molecule has 0 aromatic rings. The number of rotatable bonds is 43. The minimum absolute atomic E-state index is 0.145. The third kappa shape index (κ3) is 44.6. The van der Waals surface area contributed by atoms with Crippen molar-refractivity contribution in [2.24, 2.45) is 0 Å². The average Bonchev–Trinajstić information content (AvgIpc) is 3.22. The van der Waals surface area contributed by atoms with E-state index in [-0.39, 0.29) is 38.6 Å². The van der Waals surface area contributed by atoms with Gasteiger partial charge in [0.25, 0.3) is 0 Å². The first-order valence-corrected chi connectivity index (χ1v) is 24.1. The van der Waals surface area contributed by atoms with Crippen molar-refractivity contribution in [1.82, 2.24) is 0 Å². The lowest BCUT2D eigenvalue weighted by Gasteiger charge is -2.26. The number of esters is 2. The fourth-order valence-corrected chi connectivity index (χ4v) is 6.24. The van der Waals surface area contributed by atoms with Crippen molar-refractivity contribution in [3.63, 3.8) is 0 Å². The minimum Gasteiger partial charge on any atom is -0.545 e. The van der Waals surface area contributed by atoms with E-state index in [2.05, 4.69) is 86.8 Å². The van der Waals surface area contributed by atoms with Crippen LogP contribution in [0.25, 0.3) is 0 Å². The molecule has 0 saturated heterocycles. The monoisotopic (exact) mass is 856 g/mol. The van der Waals surface area contributed by atoms with Crippen LogP contribution in [0.1, 0.15) is 181 Å². The summed E-state index contributed by atoms with van der Waals surface area (Å²) in [5.41, 5.74) is 0. The second-order valence-electron chi connectivity index (χ2n) is 17.0. The quantitative estimate of drug-likeness (QED) is 0.0196. The number of likely N-dealkylation sites (N-methyl/N-ethyl adjacent to an activating group) is 1. The summed E-state index contributed by atoms with van der Waals surface area (Å²) in [5, 5.41) is 11.6. The summed E-state index contributed by atoms with van der Waals surface area (Å²) in [6, 6.07) is 0. The summed E-state index contributed by atoms with van der Waals surface area (Å²) in [6.07, 6.45) is 51.4. The van der Waals surface area contributed by atoms with Crippen LogP contribution in [0.4, 0.5) is 0 Å². The van der Waals surface area contributed by atoms with Gasteiger partial charge in [-0.2, -0.15) is 0 Å². The molecule has 0 spiro atoms. The van der Waals surface area contributed by atoms with Gasteiger partial charge in [-0.05, 0) is 64.2 Å². The van der Waals surface area contributed by atoms with Gasteiger partial charge in [0, 0.05) is 12.8 Å². The number of aliphatic carboxylic acids is 1. The number of ether oxygens (including phenoxy) is 4. The molecule has 61 heavy (non-hydrogen) atoms. The van der Waals surface area contributed by atoms with Crippen LogP contribution in [-0.2, 0) is 33.3 Å². The molecule has 0 aliphatic carbocycles. The largest absolute Gasteiger partial charge is 0.545 e. The molecule has 0 bridgehead atoms. The zero-order chi connectivity index (χ0) is 44.9. The van der Waals surface area contributed by atoms with E-state index in [4.69, 9.17) is 18.9 Å². The number of nitrogens with zero attached hydrogens (tertiary/aromatic N) is 1. The highest BCUT2D eigenvalue weighted by atomic mass is 16.7. The van der Waals surface area contributed by atoms with E-state index < -0.39 is 24.3 Å². The molecule has 0 heterocycles. The number of carboxylic acids is 1. The summed E-state index contributed by atoms with van der Waals surface area (Å²) in [6.45, 7) is 4.51. The molecule has 0 radical (unpaired) electrons. The van der Waals surface area contributed by atoms with Gasteiger partial charge in [0.2, 0.25) is 0 Å². The van der Waals surface area contributed by atoms with Gasteiger partial charge in [0.05, 0.1) is 40.3 Å². The maximum absolute atomic E-state index is 12.7. The Morgan fingerprint density at radius 1 is 0.508 bits per heavy atom. The predicted octanol–water partition coefficient (Wildman–Crippen LogP) is 11.8. The van der Waals surface area contributed by atoms with Crippen LogP contribution in [0.5, 0.6) is 0 Å². The number of hydrogen-bond donors (Lipinski definition) is 0. The highest BCUT2D eigenvalue weighted by Gasteiger charge is 2.21. The molecule has 0 saturated carbocycles. The van der Waals surface area contributed by atoms with Crippen molar-refractivity contribution in [2.75, 3.05) is 47.5 Å². The van der Waals surface area contributed by atoms with Crippen LogP contribution in [0.3, 0.4) is 0 Å². The minimum atomic E-state index is -1.62. The van der Waals surface area contributed by atoms with Gasteiger partial charge in [-0.1, -0.05) is 177 Å². The number of carbonyl (C=O) groups excluding carboxylic acids is 3. The van der Waals surface area contributed by atoms with Gasteiger partial charge in [-0.25, -0.2) is 0 Å². The fourth-order valence-electron chi connectivity index (χ4n) is 6.24. The molecular formula is C52H89NO8. The lowest BCUT2D eigenvalue weighted by atomic mass is 10.0. The number of allylic oxidation sites excluding steroid dienone is 12. The van der Waals surface area contributed by atoms with E-state index in [1.807, 2.05) is 21.1 Å². The van der Waals surface area contributed by atoms with E-state index in [9.17, 15) is 19.5 Å². The lowest BCUT2D eigenvalue weighted by Crippen LogP contribution is -2.44. The van der Waals surface area contributed by atoms with Crippen molar-refractivity contribution in [1.29, 1.82) is 0 Å². The summed E-state index contributed by atoms with van der Waals surface area (Å²) in [7, 11) is 5.89. The Morgan fingerprint density at radius 2 is 0.934 bits per heavy atom. The predicted molar refractivity (Wildman–Crippen MR) is 251 cm³/mol. The summed E-state index contributed by atoms with van der Waals surface area (Å²) >= 11 is 0. The Bertz CT molecular complexity index is 1230. The Labute approximate surface area is 373 Å². The van der Waals surface area contributed by atoms with Crippen molar-refractivity contribution < 1.29 is 42.9 Å². The molecule has 350 valence electrons. The number of unbranched alkanes of at least 4 members (excludes halogenated alkanes) is 16. The van der Waals surface area contributed by atoms with Crippen LogP contribution >= 0.6 is 0 Å². The smallest absolute Gasteiger partial charge is 0.306 e. The zero-order valence-electron chi connectivity index (χ0n) is 39.5. The van der Waals surface area contributed by atoms with E-state index >= 15 is 0 Å². The molecule has 2 atom stereocenters. The Balaban J connectivity index is 4.06. The molecule has 0 N–H and O–H groups in total. The van der Waals surface area contributed by atoms with Gasteiger partial charge in [-0.3, -0.25) is 9.59 Å². The molecular weight excluding hydrogens is 767 g/mol. The van der Waals surface area contributed by atoms with E-state index in [0.29, 0.717) is 17.4 Å². The van der Waals surface area contributed by atoms with Gasteiger partial charge in [0.1, 0.15) is 13.2 Å². The highest BCUT2D eigenvalue weighted by Crippen LogP contribution is 2.14. The van der Waals surface area contributed by atoms with Crippen molar-refractivity contribution >= 4 is 17.9 Å². The number of quaternary nitrogens is 1. The van der Waals surface area contributed by atoms with Gasteiger partial charge in [0.15, 0.2) is 12.4 Å². The van der Waals surface area contributed by atoms with Crippen molar-refractivity contribution in [3.8, 4) is 0 Å². The highest BCUT2D eigenvalue weighted by molar-refractivity contribution is 5.70. The molecule has 9 heteroatoms. The molecule has 0 aliphatic rings. The van der Waals surface area contributed by atoms with E-state index in [1.54, 1.807) is 0 Å². The van der Waals surface area contributed by atoms with E-state index in [1.165, 1.54) is 57.8 Å². The fraction of sp³-hybridized carbons (Fsp3) is 0.712. The maximum atomic E-state index is 12.7. The Morgan fingerprint density at radius 3 is 1.39 bits per heavy atom. The molecule has 0 aliphatic heterocycles. The Hall–Kier alpha value is -3.27. The SMILES string of the molecule is CC/C=C\C/C=C\C/C=C\C/C=C\C/C=C\C/C=C\CCCCCCCCCCCCCCC(=O)OC(COC(=O)CCCCCCC)COC(OCC[N+](C)(C)C)C(=O)[O-]. The second-order valence-corrected chi connectivity index (χ2v) is 17.0. The summed E-state index contributed by atoms with van der Waals surface area (Å²) in [5.74, 6) is -2.31. The number of carboxylic acid groups (broad SMARTS) is 1. The molecule has 9 nitrogen and oxygen atoms in total. The first kappa shape index (κ1) is 57.7. The van der Waals surface area contributed by atoms with Crippen LogP contribution in [-0.4, -0.2) is 82.3 Å². The van der Waals surface area contributed by atoms with Crippen molar-refractivity contribution in [2.45, 2.75) is 193 Å². The van der Waals surface area contributed by atoms with Crippen LogP contribution < -0.4 is 5.11 Å². The molecule has 0 fully saturated rings. The number of carbonyl (C=O) groups is 3. The summed E-state index contributed by atoms with van der Waals surface area (Å²) in [4.78, 5) is 36.7. The zero-order valence-corrected chi connectivity index (χ0v) is 39.5. The standard InChI is InChI=1S/C52H89NO8/c1-6-8-10-12-13-14-15-16-17-18-19-20-21-22-23-24-25-26-27-28-29-30-31-32-33-34-35-36-37-39-41-43-50(55)61-48(46-59-49(54)42-40-38-11-9-7-2)47-60-52(51(56)57)58-45-44-53(3,4)5/h8,10,13-14,16-17,19-20,22-23,25-26,48,52H,6-7,9,11-12,15,18,21,24,27-47H2,1-5H3/b10-8-,14-13-,17-16-,20-19-,23-22-,26-25-. The Kier molecular flexibility index (Phi) is 41.1. The average molecular weight is 856 g/mol. The third-order valence-corrected chi connectivity index (χ3v) is 9.97. The second kappa shape index (κ2) is 43.4. The van der Waals surface area contributed by atoms with Crippen LogP contribution in [0, 0.1) is 0 Å². The van der Waals surface area contributed by atoms with Gasteiger partial charge < -0.3 is 33.3 Å². The first-order chi connectivity index (χ1) is 29.6. The van der Waals surface area contributed by atoms with Crippen LogP contribution in [0.15, 0.2) is 72.9 Å². The molecule has 0 aromatic carbocycles. The topological polar surface area (TPSA) is 111 Å². The molecule has 0 amide bonds. The first-order valence-electron chi connectivity index (χ1n) is 24.1. The lowest BCUT2D eigenvalue weighted by molar-refractivity contribution is -0.870. The number of hydrogen-bond acceptors (Lipinski definition) is 8. The van der Waals surface area contributed by atoms with Gasteiger partial charge in [-0.15, -0.1) is 0 Å². The third-order valence-electron chi connectivity index (χ3n) is 9.97. The van der Waals surface area contributed by atoms with Crippen molar-refractivity contribution in [3.05, 3.63) is 72.9 Å². The normalized spacial score (nSPS) is 13.5. The molecule has 0 rings (SSSR count). The van der Waals surface area contributed by atoms with E-state index in [0.717, 1.165) is 89.9 Å². The molecule has 2 unspecified atom stereocenters. The molecule has 0 aromatic heterocycles. The summed E-state index contributed by atoms with van der Waals surface area (Å²) < 4.78 is 22.4. The van der Waals surface area contributed by atoms with Gasteiger partial charge >= 0.3 is 11.9 Å². The van der Waals surface area contributed by atoms with Crippen LogP contribution in [0.2, 0.25) is 0 Å².